The summed E-state index contributed by atoms with van der Waals surface area (Å²) in [6.45, 7) is 0.897. The maximum Gasteiger partial charge on any atom is 0.277 e. The number of aryl methyl sites for hydroxylation is 1. The smallest absolute Gasteiger partial charge is 0.277 e. The molecule has 3 aromatic rings. The zero-order valence-electron chi connectivity index (χ0n) is 16.0. The lowest BCUT2D eigenvalue weighted by Gasteiger charge is -2.16. The Morgan fingerprint density at radius 2 is 2.23 bits per heavy atom. The lowest BCUT2D eigenvalue weighted by atomic mass is 10.1. The Labute approximate surface area is 182 Å². The highest BCUT2D eigenvalue weighted by molar-refractivity contribution is 6.36. The molecule has 10 heteroatoms. The van der Waals surface area contributed by atoms with Crippen LogP contribution in [0.4, 0.5) is 15.8 Å². The van der Waals surface area contributed by atoms with Gasteiger partial charge < -0.3 is 14.6 Å². The van der Waals surface area contributed by atoms with Crippen molar-refractivity contribution in [2.75, 3.05) is 18.5 Å². The first-order valence-electron chi connectivity index (χ1n) is 9.33. The van der Waals surface area contributed by atoms with E-state index in [1.807, 2.05) is 0 Å². The second-order valence-corrected chi connectivity index (χ2v) is 7.81. The molecule has 1 unspecified atom stereocenters. The van der Waals surface area contributed by atoms with Gasteiger partial charge >= 0.3 is 0 Å². The van der Waals surface area contributed by atoms with Crippen molar-refractivity contribution in [1.29, 1.82) is 0 Å². The Kier molecular flexibility index (Phi) is 6.10. The van der Waals surface area contributed by atoms with Crippen LogP contribution in [0.1, 0.15) is 23.2 Å². The third-order valence-corrected chi connectivity index (χ3v) is 5.40. The van der Waals surface area contributed by atoms with Crippen molar-refractivity contribution >= 4 is 51.5 Å². The molecular weight excluding hydrogens is 434 g/mol. The number of hydrogen-bond donors (Lipinski definition) is 2. The Balaban J connectivity index is 1.66. The normalized spacial score (nSPS) is 16.2. The van der Waals surface area contributed by atoms with Crippen LogP contribution in [0.5, 0.6) is 0 Å². The number of hydrogen-bond acceptors (Lipinski definition) is 5. The summed E-state index contributed by atoms with van der Waals surface area (Å²) in [4.78, 5) is 22.2. The number of imidazole rings is 1. The quantitative estimate of drug-likeness (QED) is 0.534. The maximum atomic E-state index is 15.3. The molecule has 0 radical (unpaired) electrons. The molecular formula is C20H19Cl2FN4O3. The summed E-state index contributed by atoms with van der Waals surface area (Å²) < 4.78 is 22.4. The predicted molar refractivity (Wildman–Crippen MR) is 113 cm³/mol. The number of hydroxylamine groups is 1. The van der Waals surface area contributed by atoms with Crippen molar-refractivity contribution in [3.8, 4) is 0 Å². The van der Waals surface area contributed by atoms with E-state index in [4.69, 9.17) is 32.8 Å². The first kappa shape index (κ1) is 20.9. The Hall–Kier alpha value is -2.39. The number of amides is 1. The van der Waals surface area contributed by atoms with Gasteiger partial charge in [-0.25, -0.2) is 14.9 Å². The molecule has 0 spiro atoms. The third kappa shape index (κ3) is 4.22. The number of rotatable bonds is 6. The van der Waals surface area contributed by atoms with Gasteiger partial charge in [-0.15, -0.1) is 0 Å². The summed E-state index contributed by atoms with van der Waals surface area (Å²) in [5, 5.41) is 3.61. The van der Waals surface area contributed by atoms with Gasteiger partial charge in [0.25, 0.3) is 5.91 Å². The van der Waals surface area contributed by atoms with Crippen molar-refractivity contribution in [3.63, 3.8) is 0 Å². The Bertz CT molecular complexity index is 1100. The predicted octanol–water partition coefficient (Wildman–Crippen LogP) is 4.60. The first-order chi connectivity index (χ1) is 14.4. The van der Waals surface area contributed by atoms with Crippen LogP contribution in [0, 0.1) is 5.82 Å². The van der Waals surface area contributed by atoms with Crippen molar-refractivity contribution < 1.29 is 18.8 Å². The fraction of sp³-hybridized carbons (Fsp3) is 0.300. The van der Waals surface area contributed by atoms with Crippen molar-refractivity contribution in [2.24, 2.45) is 7.05 Å². The molecule has 2 aromatic carbocycles. The largest absolute Gasteiger partial charge is 0.376 e. The summed E-state index contributed by atoms with van der Waals surface area (Å²) in [5.74, 6) is -1.29. The number of fused-ring (bicyclic) bond motifs is 1. The van der Waals surface area contributed by atoms with Crippen LogP contribution in [0.15, 0.2) is 30.6 Å². The van der Waals surface area contributed by atoms with E-state index in [9.17, 15) is 4.79 Å². The molecule has 1 fully saturated rings. The summed E-state index contributed by atoms with van der Waals surface area (Å²) in [7, 11) is 1.72. The number of aromatic nitrogens is 2. The van der Waals surface area contributed by atoms with Crippen LogP contribution in [0.25, 0.3) is 11.0 Å². The molecule has 0 saturated carbocycles. The second kappa shape index (κ2) is 8.77. The first-order valence-corrected chi connectivity index (χ1v) is 10.1. The van der Waals surface area contributed by atoms with E-state index in [1.54, 1.807) is 29.8 Å². The minimum atomic E-state index is -0.677. The van der Waals surface area contributed by atoms with E-state index < -0.39 is 11.7 Å². The molecule has 2 N–H and O–H groups in total. The number of benzene rings is 2. The summed E-state index contributed by atoms with van der Waals surface area (Å²) >= 11 is 12.1. The van der Waals surface area contributed by atoms with E-state index in [0.29, 0.717) is 22.8 Å². The van der Waals surface area contributed by atoms with E-state index in [-0.39, 0.29) is 34.5 Å². The average Bonchev–Trinajstić information content (AvgIpc) is 3.35. The fourth-order valence-corrected chi connectivity index (χ4v) is 3.74. The van der Waals surface area contributed by atoms with Crippen LogP contribution in [0.2, 0.25) is 10.0 Å². The van der Waals surface area contributed by atoms with Gasteiger partial charge in [-0.3, -0.25) is 9.63 Å². The number of nitrogens with one attached hydrogen (secondary N) is 2. The molecule has 1 atom stereocenters. The average molecular weight is 453 g/mol. The van der Waals surface area contributed by atoms with Gasteiger partial charge in [-0.1, -0.05) is 23.2 Å². The monoisotopic (exact) mass is 452 g/mol. The third-order valence-electron chi connectivity index (χ3n) is 4.85. The van der Waals surface area contributed by atoms with Crippen LogP contribution < -0.4 is 10.8 Å². The Morgan fingerprint density at radius 1 is 1.40 bits per heavy atom. The SMILES string of the molecule is Cn1cnc2c(F)c(Nc3ccc(Cl)cc3Cl)c(C(=O)NOCC3CCCO3)cc21. The number of anilines is 2. The molecule has 2 heterocycles. The minimum absolute atomic E-state index is 0.0435. The van der Waals surface area contributed by atoms with Gasteiger partial charge in [0.2, 0.25) is 0 Å². The highest BCUT2D eigenvalue weighted by Gasteiger charge is 2.23. The highest BCUT2D eigenvalue weighted by atomic mass is 35.5. The number of halogens is 3. The van der Waals surface area contributed by atoms with Gasteiger partial charge in [0.05, 0.1) is 39.9 Å². The summed E-state index contributed by atoms with van der Waals surface area (Å²) in [6.07, 6.45) is 3.24. The van der Waals surface area contributed by atoms with E-state index in [0.717, 1.165) is 12.8 Å². The molecule has 30 heavy (non-hydrogen) atoms. The van der Waals surface area contributed by atoms with Crippen molar-refractivity contribution in [1.82, 2.24) is 15.0 Å². The van der Waals surface area contributed by atoms with Gasteiger partial charge in [0.1, 0.15) is 12.1 Å². The molecule has 0 bridgehead atoms. The van der Waals surface area contributed by atoms with Crippen LogP contribution in [-0.2, 0) is 16.6 Å². The summed E-state index contributed by atoms with van der Waals surface area (Å²) in [6, 6.07) is 6.27. The molecule has 4 rings (SSSR count). The molecule has 7 nitrogen and oxygen atoms in total. The van der Waals surface area contributed by atoms with Crippen molar-refractivity contribution in [2.45, 2.75) is 18.9 Å². The Morgan fingerprint density at radius 3 is 2.97 bits per heavy atom. The minimum Gasteiger partial charge on any atom is -0.376 e. The van der Waals surface area contributed by atoms with Crippen LogP contribution in [-0.4, -0.2) is 34.8 Å². The zero-order chi connectivity index (χ0) is 21.3. The lowest BCUT2D eigenvalue weighted by molar-refractivity contribution is -0.0220. The molecule has 1 aliphatic heterocycles. The number of carbonyl (C=O) groups excluding carboxylic acids is 1. The van der Waals surface area contributed by atoms with Gasteiger partial charge in [0, 0.05) is 18.7 Å². The maximum absolute atomic E-state index is 15.3. The number of ether oxygens (including phenoxy) is 1. The topological polar surface area (TPSA) is 77.4 Å². The van der Waals surface area contributed by atoms with E-state index in [1.165, 1.54) is 12.4 Å². The molecule has 1 amide bonds. The number of carbonyl (C=O) groups is 1. The summed E-state index contributed by atoms with van der Waals surface area (Å²) in [5.41, 5.74) is 3.33. The van der Waals surface area contributed by atoms with Crippen molar-refractivity contribution in [3.05, 3.63) is 52.0 Å². The van der Waals surface area contributed by atoms with E-state index >= 15 is 4.39 Å². The van der Waals surface area contributed by atoms with E-state index in [2.05, 4.69) is 15.8 Å². The van der Waals surface area contributed by atoms with Crippen LogP contribution in [0.3, 0.4) is 0 Å². The van der Waals surface area contributed by atoms with Gasteiger partial charge in [-0.2, -0.15) is 0 Å². The second-order valence-electron chi connectivity index (χ2n) is 6.96. The lowest BCUT2D eigenvalue weighted by Crippen LogP contribution is -2.29. The van der Waals surface area contributed by atoms with Crippen LogP contribution >= 0.6 is 23.2 Å². The van der Waals surface area contributed by atoms with Gasteiger partial charge in [-0.05, 0) is 37.1 Å². The molecule has 1 aliphatic rings. The molecule has 1 aromatic heterocycles. The molecule has 1 saturated heterocycles. The fourth-order valence-electron chi connectivity index (χ4n) is 3.28. The highest BCUT2D eigenvalue weighted by Crippen LogP contribution is 2.34. The van der Waals surface area contributed by atoms with Gasteiger partial charge in [0.15, 0.2) is 5.82 Å². The molecule has 158 valence electrons. The molecule has 0 aliphatic carbocycles. The number of nitrogens with zero attached hydrogens (tertiary/aromatic N) is 2. The zero-order valence-corrected chi connectivity index (χ0v) is 17.6. The standard InChI is InChI=1S/C20H19Cl2FN4O3/c1-27-10-24-19-16(27)8-13(20(28)26-30-9-12-3-2-6-29-12)18(17(19)23)25-15-5-4-11(21)7-14(15)22/h4-5,7-8,10,12,25H,2-3,6,9H2,1H3,(H,26,28).